The molecule has 0 fully saturated rings. The monoisotopic (exact) mass is 378 g/mol. The third-order valence-corrected chi connectivity index (χ3v) is 4.50. The average molecular weight is 378 g/mol. The van der Waals surface area contributed by atoms with Crippen LogP contribution in [0.4, 0.5) is 4.39 Å². The molecule has 4 N–H and O–H groups in total. The molecule has 2 rings (SSSR count). The highest BCUT2D eigenvalue weighted by atomic mass is 32.2. The van der Waals surface area contributed by atoms with Gasteiger partial charge in [0.15, 0.2) is 5.96 Å². The van der Waals surface area contributed by atoms with Crippen LogP contribution < -0.4 is 15.8 Å². The number of primary sulfonamides is 1. The largest absolute Gasteiger partial charge is 0.357 e. The van der Waals surface area contributed by atoms with Gasteiger partial charge >= 0.3 is 0 Å². The lowest BCUT2D eigenvalue weighted by molar-refractivity contribution is 0.597. The molecule has 0 spiro atoms. The van der Waals surface area contributed by atoms with Gasteiger partial charge in [0.2, 0.25) is 10.0 Å². The molecule has 0 atom stereocenters. The summed E-state index contributed by atoms with van der Waals surface area (Å²) in [6.45, 7) is 3.53. The maximum atomic E-state index is 13.2. The normalized spacial score (nSPS) is 12.0. The molecule has 0 saturated carbocycles. The van der Waals surface area contributed by atoms with Crippen LogP contribution >= 0.6 is 0 Å². The molecule has 0 heterocycles. The highest BCUT2D eigenvalue weighted by molar-refractivity contribution is 7.89. The Morgan fingerprint density at radius 1 is 1.12 bits per heavy atom. The van der Waals surface area contributed by atoms with E-state index in [2.05, 4.69) is 15.6 Å². The van der Waals surface area contributed by atoms with Gasteiger partial charge in [0.1, 0.15) is 5.82 Å². The zero-order chi connectivity index (χ0) is 19.0. The maximum absolute atomic E-state index is 13.2. The number of nitrogens with zero attached hydrogens (tertiary/aromatic N) is 1. The van der Waals surface area contributed by atoms with Crippen LogP contribution in [0.1, 0.15) is 18.1 Å². The third kappa shape index (κ3) is 6.45. The number of nitrogens with one attached hydrogen (secondary N) is 2. The van der Waals surface area contributed by atoms with Crippen molar-refractivity contribution in [2.45, 2.75) is 24.8 Å². The summed E-state index contributed by atoms with van der Waals surface area (Å²) in [5.74, 6) is 0.350. The minimum absolute atomic E-state index is 0.0641. The lowest BCUT2D eigenvalue weighted by Gasteiger charge is -2.11. The Hall–Kier alpha value is -2.45. The lowest BCUT2D eigenvalue weighted by Crippen LogP contribution is -2.38. The zero-order valence-corrected chi connectivity index (χ0v) is 15.4. The Labute approximate surface area is 153 Å². The van der Waals surface area contributed by atoms with Crippen LogP contribution in [0.25, 0.3) is 0 Å². The fourth-order valence-corrected chi connectivity index (χ4v) is 2.93. The standard InChI is InChI=1S/C18H23FN4O2S/c1-2-21-18(22-10-9-14-5-3-7-16(19)11-14)23-13-15-6-4-8-17(12-15)26(20,24)25/h3-8,11-12H,2,9-10,13H2,1H3,(H2,20,24,25)(H2,21,22,23). The SMILES string of the molecule is CCNC(=NCc1cccc(S(N)(=O)=O)c1)NCCc1cccc(F)c1. The van der Waals surface area contributed by atoms with Crippen molar-refractivity contribution in [3.8, 4) is 0 Å². The maximum Gasteiger partial charge on any atom is 0.238 e. The van der Waals surface area contributed by atoms with E-state index < -0.39 is 10.0 Å². The topological polar surface area (TPSA) is 96.6 Å². The number of rotatable bonds is 7. The van der Waals surface area contributed by atoms with E-state index in [0.29, 0.717) is 32.0 Å². The summed E-state index contributed by atoms with van der Waals surface area (Å²) in [6, 6.07) is 12.8. The number of sulfonamides is 1. The quantitative estimate of drug-likeness (QED) is 0.505. The number of nitrogens with two attached hydrogens (primary N) is 1. The van der Waals surface area contributed by atoms with Crippen LogP contribution in [-0.2, 0) is 23.0 Å². The Balaban J connectivity index is 1.98. The Morgan fingerprint density at radius 2 is 1.85 bits per heavy atom. The molecular weight excluding hydrogens is 355 g/mol. The van der Waals surface area contributed by atoms with Gasteiger partial charge in [0.25, 0.3) is 0 Å². The molecule has 140 valence electrons. The molecule has 0 saturated heterocycles. The highest BCUT2D eigenvalue weighted by Crippen LogP contribution is 2.10. The van der Waals surface area contributed by atoms with E-state index in [1.54, 1.807) is 18.2 Å². The van der Waals surface area contributed by atoms with Gasteiger partial charge in [-0.05, 0) is 48.7 Å². The van der Waals surface area contributed by atoms with Gasteiger partial charge in [0, 0.05) is 13.1 Å². The van der Waals surface area contributed by atoms with Gasteiger partial charge in [-0.2, -0.15) is 0 Å². The number of halogens is 1. The Kier molecular flexibility index (Phi) is 7.11. The summed E-state index contributed by atoms with van der Waals surface area (Å²) < 4.78 is 36.0. The summed E-state index contributed by atoms with van der Waals surface area (Å²) in [7, 11) is -3.73. The third-order valence-electron chi connectivity index (χ3n) is 3.59. The van der Waals surface area contributed by atoms with Crippen LogP contribution in [0.15, 0.2) is 58.4 Å². The summed E-state index contributed by atoms with van der Waals surface area (Å²) in [5.41, 5.74) is 1.63. The first-order valence-electron chi connectivity index (χ1n) is 8.27. The minimum atomic E-state index is -3.73. The van der Waals surface area contributed by atoms with Gasteiger partial charge in [-0.1, -0.05) is 24.3 Å². The second kappa shape index (κ2) is 9.30. The molecule has 0 aliphatic carbocycles. The molecule has 0 aromatic heterocycles. The van der Waals surface area contributed by atoms with E-state index in [9.17, 15) is 12.8 Å². The van der Waals surface area contributed by atoms with Crippen molar-refractivity contribution in [2.75, 3.05) is 13.1 Å². The summed E-state index contributed by atoms with van der Waals surface area (Å²) >= 11 is 0. The lowest BCUT2D eigenvalue weighted by atomic mass is 10.1. The number of guanidine groups is 1. The van der Waals surface area contributed by atoms with E-state index in [1.807, 2.05) is 13.0 Å². The first kappa shape index (κ1) is 19.9. The van der Waals surface area contributed by atoms with E-state index in [-0.39, 0.29) is 10.7 Å². The molecule has 2 aromatic rings. The predicted octanol–water partition coefficient (Wildman–Crippen LogP) is 1.77. The highest BCUT2D eigenvalue weighted by Gasteiger charge is 2.07. The van der Waals surface area contributed by atoms with Gasteiger partial charge < -0.3 is 10.6 Å². The fourth-order valence-electron chi connectivity index (χ4n) is 2.35. The summed E-state index contributed by atoms with van der Waals surface area (Å²) in [4.78, 5) is 4.50. The minimum Gasteiger partial charge on any atom is -0.357 e. The molecule has 0 aliphatic heterocycles. The molecule has 0 aliphatic rings. The summed E-state index contributed by atoms with van der Waals surface area (Å²) in [5, 5.41) is 11.4. The van der Waals surface area contributed by atoms with Gasteiger partial charge in [-0.25, -0.2) is 22.9 Å². The van der Waals surface area contributed by atoms with Crippen molar-refractivity contribution < 1.29 is 12.8 Å². The number of benzene rings is 2. The average Bonchev–Trinajstić information content (AvgIpc) is 2.59. The van der Waals surface area contributed by atoms with Gasteiger partial charge in [0.05, 0.1) is 11.4 Å². The molecule has 0 radical (unpaired) electrons. The van der Waals surface area contributed by atoms with Crippen LogP contribution in [0.3, 0.4) is 0 Å². The Bertz CT molecular complexity index is 869. The number of hydrogen-bond donors (Lipinski definition) is 3. The second-order valence-corrected chi connectivity index (χ2v) is 7.26. The van der Waals surface area contributed by atoms with Crippen molar-refractivity contribution in [1.82, 2.24) is 10.6 Å². The van der Waals surface area contributed by atoms with Gasteiger partial charge in [-0.3, -0.25) is 0 Å². The van der Waals surface area contributed by atoms with Crippen molar-refractivity contribution in [1.29, 1.82) is 0 Å². The van der Waals surface area contributed by atoms with Crippen molar-refractivity contribution in [3.63, 3.8) is 0 Å². The van der Waals surface area contributed by atoms with Gasteiger partial charge in [-0.15, -0.1) is 0 Å². The second-order valence-electron chi connectivity index (χ2n) is 5.69. The fraction of sp³-hybridized carbons (Fsp3) is 0.278. The summed E-state index contributed by atoms with van der Waals surface area (Å²) in [6.07, 6.45) is 0.656. The molecular formula is C18H23FN4O2S. The molecule has 8 heteroatoms. The molecule has 2 aromatic carbocycles. The van der Waals surface area contributed by atoms with E-state index in [0.717, 1.165) is 11.1 Å². The number of aliphatic imine (C=N–C) groups is 1. The van der Waals surface area contributed by atoms with Crippen LogP contribution in [0.2, 0.25) is 0 Å². The molecule has 6 nitrogen and oxygen atoms in total. The first-order valence-corrected chi connectivity index (χ1v) is 9.81. The molecule has 0 bridgehead atoms. The molecule has 0 unspecified atom stereocenters. The smallest absolute Gasteiger partial charge is 0.238 e. The number of hydrogen-bond acceptors (Lipinski definition) is 3. The van der Waals surface area contributed by atoms with E-state index in [4.69, 9.17) is 5.14 Å². The molecule has 0 amide bonds. The molecule has 26 heavy (non-hydrogen) atoms. The Morgan fingerprint density at radius 3 is 2.54 bits per heavy atom. The predicted molar refractivity (Wildman–Crippen MR) is 101 cm³/mol. The van der Waals surface area contributed by atoms with Crippen LogP contribution in [0.5, 0.6) is 0 Å². The zero-order valence-electron chi connectivity index (χ0n) is 14.6. The van der Waals surface area contributed by atoms with Crippen LogP contribution in [0, 0.1) is 5.82 Å². The van der Waals surface area contributed by atoms with Crippen LogP contribution in [-0.4, -0.2) is 27.5 Å². The van der Waals surface area contributed by atoms with Crippen molar-refractivity contribution in [2.24, 2.45) is 10.1 Å². The van der Waals surface area contributed by atoms with Crippen molar-refractivity contribution in [3.05, 3.63) is 65.5 Å². The van der Waals surface area contributed by atoms with Crippen molar-refractivity contribution >= 4 is 16.0 Å². The first-order chi connectivity index (χ1) is 12.4. The van der Waals surface area contributed by atoms with E-state index >= 15 is 0 Å². The van der Waals surface area contributed by atoms with E-state index in [1.165, 1.54) is 24.3 Å².